The molecule has 0 aromatic carbocycles. The van der Waals surface area contributed by atoms with Gasteiger partial charge in [-0.2, -0.15) is 0 Å². The predicted octanol–water partition coefficient (Wildman–Crippen LogP) is 4.38. The van der Waals surface area contributed by atoms with E-state index in [4.69, 9.17) is 9.63 Å². The van der Waals surface area contributed by atoms with E-state index < -0.39 is 14.1 Å². The molecule has 5 nitrogen and oxygen atoms in total. The lowest BCUT2D eigenvalue weighted by Gasteiger charge is -2.13. The number of hydrogen-bond acceptors (Lipinski definition) is 4. The van der Waals surface area contributed by atoms with Crippen molar-refractivity contribution in [2.45, 2.75) is 84.3 Å². The van der Waals surface area contributed by atoms with Gasteiger partial charge in [0.05, 0.1) is 6.61 Å². The van der Waals surface area contributed by atoms with Crippen molar-refractivity contribution in [1.29, 1.82) is 0 Å². The Morgan fingerprint density at radius 2 is 1.40 bits per heavy atom. The first-order valence-electron chi connectivity index (χ1n) is 7.81. The summed E-state index contributed by atoms with van der Waals surface area (Å²) in [6, 6.07) is 0. The van der Waals surface area contributed by atoms with Crippen LogP contribution in [-0.2, 0) is 13.6 Å². The van der Waals surface area contributed by atoms with Gasteiger partial charge in [0.1, 0.15) is 0 Å². The van der Waals surface area contributed by atoms with Crippen LogP contribution in [-0.4, -0.2) is 22.9 Å². The summed E-state index contributed by atoms with van der Waals surface area (Å²) < 4.78 is 20.4. The molecule has 0 saturated heterocycles. The van der Waals surface area contributed by atoms with Crippen molar-refractivity contribution in [3.05, 3.63) is 0 Å². The maximum atomic E-state index is 11.2. The van der Waals surface area contributed by atoms with Crippen molar-refractivity contribution in [1.82, 2.24) is 0 Å². The third-order valence-corrected chi connectivity index (χ3v) is 4.12. The minimum Gasteiger partial charge on any atom is -0.368 e. The molecular weight excluding hydrogens is 279 g/mol. The molecule has 122 valence electrons. The van der Waals surface area contributed by atoms with Gasteiger partial charge < -0.3 is 10.00 Å². The van der Waals surface area contributed by atoms with Crippen LogP contribution in [0.4, 0.5) is 0 Å². The van der Waals surface area contributed by atoms with E-state index in [0.29, 0.717) is 0 Å². The van der Waals surface area contributed by atoms with Gasteiger partial charge in [-0.25, -0.2) is 4.57 Å². The molecule has 0 radical (unpaired) electrons. The molecule has 6 heteroatoms. The smallest absolute Gasteiger partial charge is 0.368 e. The summed E-state index contributed by atoms with van der Waals surface area (Å²) in [7, 11) is -4.08. The molecule has 0 aromatic rings. The molecule has 0 aliphatic heterocycles. The lowest BCUT2D eigenvalue weighted by molar-refractivity contribution is -0.0278. The summed E-state index contributed by atoms with van der Waals surface area (Å²) in [4.78, 5) is 9.18. The fraction of sp³-hybridized carbons (Fsp3) is 1.00. The average molecular weight is 310 g/mol. The Labute approximate surface area is 123 Å². The molecule has 0 rings (SSSR count). The molecular formula is C14H31O5P. The highest BCUT2D eigenvalue weighted by Gasteiger charge is 2.22. The van der Waals surface area contributed by atoms with E-state index in [2.05, 4.69) is 11.4 Å². The summed E-state index contributed by atoms with van der Waals surface area (Å²) in [5, 5.41) is 8.83. The van der Waals surface area contributed by atoms with Crippen LogP contribution < -0.4 is 0 Å². The van der Waals surface area contributed by atoms with Crippen LogP contribution in [0, 0.1) is 0 Å². The van der Waals surface area contributed by atoms with Gasteiger partial charge in [0, 0.05) is 0 Å². The summed E-state index contributed by atoms with van der Waals surface area (Å²) in [5.41, 5.74) is 0. The van der Waals surface area contributed by atoms with Crippen LogP contribution >= 0.6 is 7.82 Å². The molecule has 0 aliphatic rings. The molecule has 0 amide bonds. The molecule has 0 bridgehead atoms. The number of aliphatic hydroxyl groups excluding tert-OH is 1. The van der Waals surface area contributed by atoms with E-state index >= 15 is 0 Å². The highest BCUT2D eigenvalue weighted by atomic mass is 31.2. The van der Waals surface area contributed by atoms with Crippen LogP contribution in [0.5, 0.6) is 0 Å². The van der Waals surface area contributed by atoms with Gasteiger partial charge in [0.2, 0.25) is 0 Å². The molecule has 0 heterocycles. The highest BCUT2D eigenvalue weighted by Crippen LogP contribution is 2.44. The lowest BCUT2D eigenvalue weighted by atomic mass is 10.1. The van der Waals surface area contributed by atoms with Crippen molar-refractivity contribution in [3.8, 4) is 0 Å². The standard InChI is InChI=1S/C14H31O5P/c1-3-4-5-6-7-8-9-10-11-12-13-18-20(16,17)19-14(2)15/h14-15H,3-13H2,1-2H3,(H,16,17). The number of hydrogen-bond donors (Lipinski definition) is 2. The van der Waals surface area contributed by atoms with Gasteiger partial charge in [0.25, 0.3) is 0 Å². The number of phosphoric acid groups is 1. The zero-order valence-electron chi connectivity index (χ0n) is 12.9. The average Bonchev–Trinajstić information content (AvgIpc) is 2.34. The molecule has 2 N–H and O–H groups in total. The quantitative estimate of drug-likeness (QED) is 0.283. The van der Waals surface area contributed by atoms with Crippen molar-refractivity contribution in [2.75, 3.05) is 6.61 Å². The van der Waals surface area contributed by atoms with Crippen molar-refractivity contribution < 1.29 is 23.6 Å². The Kier molecular flexibility index (Phi) is 12.8. The van der Waals surface area contributed by atoms with E-state index in [1.165, 1.54) is 51.9 Å². The van der Waals surface area contributed by atoms with Crippen LogP contribution in [0.25, 0.3) is 0 Å². The van der Waals surface area contributed by atoms with E-state index in [1.807, 2.05) is 0 Å². The van der Waals surface area contributed by atoms with Crippen molar-refractivity contribution in [2.24, 2.45) is 0 Å². The third kappa shape index (κ3) is 14.5. The molecule has 2 atom stereocenters. The van der Waals surface area contributed by atoms with Gasteiger partial charge in [-0.05, 0) is 13.3 Å². The molecule has 0 aliphatic carbocycles. The highest BCUT2D eigenvalue weighted by molar-refractivity contribution is 7.47. The van der Waals surface area contributed by atoms with Crippen molar-refractivity contribution in [3.63, 3.8) is 0 Å². The van der Waals surface area contributed by atoms with E-state index in [9.17, 15) is 9.46 Å². The summed E-state index contributed by atoms with van der Waals surface area (Å²) in [5.74, 6) is 0. The largest absolute Gasteiger partial charge is 0.474 e. The van der Waals surface area contributed by atoms with Crippen LogP contribution in [0.1, 0.15) is 78.1 Å². The van der Waals surface area contributed by atoms with Gasteiger partial charge in [-0.15, -0.1) is 0 Å². The Morgan fingerprint density at radius 3 is 1.85 bits per heavy atom. The van der Waals surface area contributed by atoms with Gasteiger partial charge in [0.15, 0.2) is 6.29 Å². The first-order valence-corrected chi connectivity index (χ1v) is 9.31. The zero-order valence-corrected chi connectivity index (χ0v) is 13.8. The topological polar surface area (TPSA) is 76.0 Å². The van der Waals surface area contributed by atoms with Gasteiger partial charge in [-0.1, -0.05) is 64.7 Å². The first-order chi connectivity index (χ1) is 9.48. The Morgan fingerprint density at radius 1 is 0.950 bits per heavy atom. The molecule has 0 saturated carbocycles. The van der Waals surface area contributed by atoms with Crippen LogP contribution in [0.15, 0.2) is 0 Å². The number of phosphoric ester groups is 1. The summed E-state index contributed by atoms with van der Waals surface area (Å²) >= 11 is 0. The van der Waals surface area contributed by atoms with E-state index in [-0.39, 0.29) is 6.61 Å². The SMILES string of the molecule is CCCCCCCCCCCCOP(=O)(O)OC(C)O. The minimum absolute atomic E-state index is 0.191. The Balaban J connectivity index is 3.26. The van der Waals surface area contributed by atoms with Gasteiger partial charge in [-0.3, -0.25) is 9.05 Å². The molecule has 0 spiro atoms. The van der Waals surface area contributed by atoms with Gasteiger partial charge >= 0.3 is 7.82 Å². The molecule has 0 aromatic heterocycles. The Bertz CT molecular complexity index is 258. The van der Waals surface area contributed by atoms with Crippen molar-refractivity contribution >= 4 is 7.82 Å². The first kappa shape index (κ1) is 20.1. The maximum absolute atomic E-state index is 11.2. The predicted molar refractivity (Wildman–Crippen MR) is 80.4 cm³/mol. The second-order valence-corrected chi connectivity index (χ2v) is 6.59. The van der Waals surface area contributed by atoms with Crippen LogP contribution in [0.3, 0.4) is 0 Å². The molecule has 2 unspecified atom stereocenters. The summed E-state index contributed by atoms with van der Waals surface area (Å²) in [6.45, 7) is 3.68. The zero-order chi connectivity index (χ0) is 15.3. The number of aliphatic hydroxyl groups is 1. The monoisotopic (exact) mass is 310 g/mol. The number of rotatable bonds is 14. The second-order valence-electron chi connectivity index (χ2n) is 5.19. The normalized spacial score (nSPS) is 16.0. The molecule has 20 heavy (non-hydrogen) atoms. The second kappa shape index (κ2) is 12.8. The number of unbranched alkanes of at least 4 members (excludes halogenated alkanes) is 9. The maximum Gasteiger partial charge on any atom is 0.474 e. The fourth-order valence-corrected chi connectivity index (χ4v) is 2.80. The van der Waals surface area contributed by atoms with E-state index in [0.717, 1.165) is 19.3 Å². The van der Waals surface area contributed by atoms with Crippen LogP contribution in [0.2, 0.25) is 0 Å². The molecule has 0 fully saturated rings. The summed E-state index contributed by atoms with van der Waals surface area (Å²) in [6.07, 6.45) is 10.7. The third-order valence-electron chi connectivity index (χ3n) is 3.04. The van der Waals surface area contributed by atoms with E-state index in [1.54, 1.807) is 0 Å². The Hall–Kier alpha value is 0.0700. The minimum atomic E-state index is -4.08. The fourth-order valence-electron chi connectivity index (χ4n) is 1.99. The lowest BCUT2D eigenvalue weighted by Crippen LogP contribution is -2.06.